The fourth-order valence-corrected chi connectivity index (χ4v) is 5.34. The molecule has 8 nitrogen and oxygen atoms in total. The zero-order valence-electron chi connectivity index (χ0n) is 19.8. The second-order valence-corrected chi connectivity index (χ2v) is 10.3. The molecule has 0 radical (unpaired) electrons. The van der Waals surface area contributed by atoms with Crippen molar-refractivity contribution in [1.82, 2.24) is 24.8 Å². The van der Waals surface area contributed by atoms with Crippen molar-refractivity contribution in [3.63, 3.8) is 0 Å². The summed E-state index contributed by atoms with van der Waals surface area (Å²) in [5.74, 6) is 0.840. The number of imidazole rings is 1. The highest BCUT2D eigenvalue weighted by molar-refractivity contribution is 9.10. The van der Waals surface area contributed by atoms with Crippen molar-refractivity contribution in [1.29, 1.82) is 0 Å². The van der Waals surface area contributed by atoms with Gasteiger partial charge in [-0.2, -0.15) is 0 Å². The molecule has 2 aliphatic heterocycles. The first-order chi connectivity index (χ1) is 16.6. The normalized spacial score (nSPS) is 18.6. The van der Waals surface area contributed by atoms with Crippen molar-refractivity contribution in [3.05, 3.63) is 34.9 Å². The van der Waals surface area contributed by atoms with Crippen LogP contribution in [0.1, 0.15) is 19.3 Å². The number of fused-ring (bicyclic) bond motifs is 1. The summed E-state index contributed by atoms with van der Waals surface area (Å²) in [6, 6.07) is 9.11. The number of hydrogen-bond acceptors (Lipinski definition) is 7. The average Bonchev–Trinajstić information content (AvgIpc) is 3.31. The van der Waals surface area contributed by atoms with Crippen LogP contribution in [0.4, 0.5) is 11.4 Å². The predicted octanol–water partition coefficient (Wildman–Crippen LogP) is 3.40. The number of aliphatic hydroxyl groups excluding tert-OH is 1. The van der Waals surface area contributed by atoms with Crippen LogP contribution in [0.2, 0.25) is 0 Å². The van der Waals surface area contributed by atoms with E-state index in [4.69, 9.17) is 10.1 Å². The summed E-state index contributed by atoms with van der Waals surface area (Å²) in [4.78, 5) is 20.1. The van der Waals surface area contributed by atoms with E-state index in [0.717, 1.165) is 97.8 Å². The summed E-state index contributed by atoms with van der Waals surface area (Å²) in [6.07, 6.45) is 4.95. The lowest BCUT2D eigenvalue weighted by molar-refractivity contribution is 0.216. The zero-order chi connectivity index (χ0) is 23.5. The largest absolute Gasteiger partial charge is 0.396 e. The number of nitrogens with one attached hydrogen (secondary N) is 2. The van der Waals surface area contributed by atoms with Crippen LogP contribution in [0, 0.1) is 0 Å². The molecule has 182 valence electrons. The van der Waals surface area contributed by atoms with Gasteiger partial charge < -0.3 is 25.2 Å². The Bertz CT molecular complexity index is 1090. The predicted molar refractivity (Wildman–Crippen MR) is 142 cm³/mol. The Morgan fingerprint density at radius 2 is 1.82 bits per heavy atom. The van der Waals surface area contributed by atoms with Gasteiger partial charge in [-0.1, -0.05) is 0 Å². The van der Waals surface area contributed by atoms with Crippen molar-refractivity contribution >= 4 is 38.5 Å². The molecule has 0 atom stereocenters. The van der Waals surface area contributed by atoms with Gasteiger partial charge >= 0.3 is 0 Å². The highest BCUT2D eigenvalue weighted by atomic mass is 79.9. The maximum Gasteiger partial charge on any atom is 0.180 e. The Balaban J connectivity index is 1.30. The van der Waals surface area contributed by atoms with Crippen LogP contribution in [0.15, 0.2) is 34.9 Å². The van der Waals surface area contributed by atoms with Crippen molar-refractivity contribution in [2.24, 2.45) is 0 Å². The topological polar surface area (TPSA) is 83.6 Å². The number of pyridine rings is 1. The Hall–Kier alpha value is -2.20. The van der Waals surface area contributed by atoms with Crippen molar-refractivity contribution in [2.45, 2.75) is 25.3 Å². The zero-order valence-corrected chi connectivity index (χ0v) is 21.4. The highest BCUT2D eigenvalue weighted by Gasteiger charge is 2.21. The monoisotopic (exact) mass is 527 g/mol. The fourth-order valence-electron chi connectivity index (χ4n) is 4.92. The Morgan fingerprint density at radius 1 is 1.09 bits per heavy atom. The van der Waals surface area contributed by atoms with E-state index in [1.807, 2.05) is 6.20 Å². The van der Waals surface area contributed by atoms with Gasteiger partial charge in [-0.15, -0.1) is 0 Å². The molecule has 5 rings (SSSR count). The molecule has 2 aromatic heterocycles. The second-order valence-electron chi connectivity index (χ2n) is 9.44. The molecular formula is C25H34BrN7O. The van der Waals surface area contributed by atoms with Crippen LogP contribution in [0.5, 0.6) is 0 Å². The van der Waals surface area contributed by atoms with Crippen molar-refractivity contribution in [3.8, 4) is 11.4 Å². The standard InChI is InChI=1S/C25H34BrN7O/c1-31-10-7-19(8-11-31)28-22-21(26)17-27-25-23(22)29-24(30-25)18-3-5-20(6-4-18)33-14-12-32(13-15-33)9-2-16-34/h3-6,17,19,34H,2,7-16H2,1H3,(H2,27,28,29,30). The van der Waals surface area contributed by atoms with Gasteiger partial charge in [-0.25, -0.2) is 9.97 Å². The third-order valence-electron chi connectivity index (χ3n) is 7.05. The molecule has 2 fully saturated rings. The number of aromatic nitrogens is 3. The first-order valence-corrected chi connectivity index (χ1v) is 13.1. The average molecular weight is 528 g/mol. The Kier molecular flexibility index (Phi) is 7.34. The number of H-pyrrole nitrogens is 1. The molecule has 2 aliphatic rings. The number of benzene rings is 1. The molecule has 3 aromatic rings. The van der Waals surface area contributed by atoms with E-state index in [9.17, 15) is 0 Å². The lowest BCUT2D eigenvalue weighted by Gasteiger charge is -2.36. The number of aliphatic hydroxyl groups is 1. The molecule has 0 spiro atoms. The number of aromatic amines is 1. The van der Waals surface area contributed by atoms with Crippen LogP contribution in [0.25, 0.3) is 22.6 Å². The molecule has 0 bridgehead atoms. The van der Waals surface area contributed by atoms with Crippen LogP contribution in [-0.4, -0.2) is 95.4 Å². The van der Waals surface area contributed by atoms with Gasteiger partial charge in [0.25, 0.3) is 0 Å². The quantitative estimate of drug-likeness (QED) is 0.434. The molecule has 0 saturated carbocycles. The minimum absolute atomic E-state index is 0.270. The van der Waals surface area contributed by atoms with Crippen LogP contribution >= 0.6 is 15.9 Å². The number of piperidine rings is 1. The van der Waals surface area contributed by atoms with Crippen LogP contribution in [-0.2, 0) is 0 Å². The second kappa shape index (κ2) is 10.6. The highest BCUT2D eigenvalue weighted by Crippen LogP contribution is 2.32. The summed E-state index contributed by atoms with van der Waals surface area (Å²) in [7, 11) is 2.18. The van der Waals surface area contributed by atoms with Crippen molar-refractivity contribution in [2.75, 3.05) is 69.7 Å². The van der Waals surface area contributed by atoms with E-state index >= 15 is 0 Å². The van der Waals surface area contributed by atoms with Gasteiger partial charge in [0.1, 0.15) is 11.3 Å². The molecule has 2 saturated heterocycles. The third-order valence-corrected chi connectivity index (χ3v) is 7.65. The molecule has 3 N–H and O–H groups in total. The molecule has 34 heavy (non-hydrogen) atoms. The molecule has 0 aliphatic carbocycles. The van der Waals surface area contributed by atoms with E-state index in [1.54, 1.807) is 0 Å². The summed E-state index contributed by atoms with van der Waals surface area (Å²) in [5, 5.41) is 12.8. The summed E-state index contributed by atoms with van der Waals surface area (Å²) >= 11 is 3.69. The van der Waals surface area contributed by atoms with Gasteiger partial charge in [0.2, 0.25) is 0 Å². The number of halogens is 1. The molecule has 0 unspecified atom stereocenters. The van der Waals surface area contributed by atoms with Gasteiger partial charge in [-0.05, 0) is 79.6 Å². The first-order valence-electron chi connectivity index (χ1n) is 12.3. The summed E-state index contributed by atoms with van der Waals surface area (Å²) in [5.41, 5.74) is 5.04. The maximum absolute atomic E-state index is 9.05. The third kappa shape index (κ3) is 5.22. The van der Waals surface area contributed by atoms with E-state index in [-0.39, 0.29) is 6.61 Å². The Morgan fingerprint density at radius 3 is 2.53 bits per heavy atom. The van der Waals surface area contributed by atoms with E-state index in [2.05, 4.69) is 77.2 Å². The number of anilines is 2. The summed E-state index contributed by atoms with van der Waals surface area (Å²) < 4.78 is 0.961. The molecule has 4 heterocycles. The van der Waals surface area contributed by atoms with Crippen LogP contribution in [0.3, 0.4) is 0 Å². The van der Waals surface area contributed by atoms with Gasteiger partial charge in [0, 0.05) is 62.8 Å². The number of rotatable bonds is 7. The van der Waals surface area contributed by atoms with E-state index < -0.39 is 0 Å². The van der Waals surface area contributed by atoms with Gasteiger partial charge in [0.05, 0.1) is 10.2 Å². The lowest BCUT2D eigenvalue weighted by atomic mass is 10.1. The SMILES string of the molecule is CN1CCC(Nc2c(Br)cnc3nc(-c4ccc(N5CCN(CCCO)CC5)cc4)[nH]c23)CC1. The maximum atomic E-state index is 9.05. The number of hydrogen-bond donors (Lipinski definition) is 3. The first kappa shape index (κ1) is 23.5. The smallest absolute Gasteiger partial charge is 0.180 e. The minimum Gasteiger partial charge on any atom is -0.396 e. The van der Waals surface area contributed by atoms with Crippen molar-refractivity contribution < 1.29 is 5.11 Å². The van der Waals surface area contributed by atoms with E-state index in [0.29, 0.717) is 6.04 Å². The van der Waals surface area contributed by atoms with E-state index in [1.165, 1.54) is 5.69 Å². The van der Waals surface area contributed by atoms with Crippen LogP contribution < -0.4 is 10.2 Å². The minimum atomic E-state index is 0.270. The number of piperazine rings is 1. The lowest BCUT2D eigenvalue weighted by Crippen LogP contribution is -2.46. The summed E-state index contributed by atoms with van der Waals surface area (Å²) in [6.45, 7) is 7.58. The van der Waals surface area contributed by atoms with Gasteiger partial charge in [-0.3, -0.25) is 4.90 Å². The van der Waals surface area contributed by atoms with Gasteiger partial charge in [0.15, 0.2) is 5.65 Å². The Labute approximate surface area is 209 Å². The number of likely N-dealkylation sites (tertiary alicyclic amines) is 1. The molecule has 0 amide bonds. The number of nitrogens with zero attached hydrogens (tertiary/aromatic N) is 5. The fraction of sp³-hybridized carbons (Fsp3) is 0.520. The molecular weight excluding hydrogens is 494 g/mol. The molecule has 9 heteroatoms. The molecule has 1 aromatic carbocycles.